The minimum absolute atomic E-state index is 0.656. The van der Waals surface area contributed by atoms with Gasteiger partial charge in [-0.25, -0.2) is 0 Å². The molecule has 0 atom stereocenters. The predicted molar refractivity (Wildman–Crippen MR) is 67.2 cm³/mol. The van der Waals surface area contributed by atoms with Gasteiger partial charge in [0.05, 0.1) is 0 Å². The summed E-state index contributed by atoms with van der Waals surface area (Å²) in [5.41, 5.74) is 0.656. The Morgan fingerprint density at radius 1 is 1.20 bits per heavy atom. The lowest BCUT2D eigenvalue weighted by molar-refractivity contribution is 0.238. The molecule has 0 amide bonds. The zero-order valence-electron chi connectivity index (χ0n) is 10.8. The van der Waals surface area contributed by atoms with Gasteiger partial charge in [-0.05, 0) is 64.2 Å². The fraction of sp³-hybridized carbons (Fsp3) is 1.00. The van der Waals surface area contributed by atoms with E-state index in [0.29, 0.717) is 5.41 Å². The molecule has 15 heavy (non-hydrogen) atoms. The maximum atomic E-state index is 3.21. The van der Waals surface area contributed by atoms with Gasteiger partial charge in [0.25, 0.3) is 0 Å². The molecule has 1 aliphatic heterocycles. The summed E-state index contributed by atoms with van der Waals surface area (Å²) in [6.45, 7) is 9.87. The summed E-state index contributed by atoms with van der Waals surface area (Å²) in [6, 6.07) is 0. The summed E-state index contributed by atoms with van der Waals surface area (Å²) in [5, 5.41) is 3.21. The number of nitrogens with one attached hydrogen (secondary N) is 1. The van der Waals surface area contributed by atoms with E-state index in [9.17, 15) is 0 Å². The molecule has 0 aromatic heterocycles. The van der Waals surface area contributed by atoms with Crippen LogP contribution in [-0.2, 0) is 0 Å². The molecule has 1 heterocycles. The minimum atomic E-state index is 0.656. The van der Waals surface area contributed by atoms with Crippen LogP contribution >= 0.6 is 0 Å². The van der Waals surface area contributed by atoms with Crippen molar-refractivity contribution < 1.29 is 0 Å². The highest BCUT2D eigenvalue weighted by atomic mass is 15.2. The highest BCUT2D eigenvalue weighted by molar-refractivity contribution is 4.87. The van der Waals surface area contributed by atoms with Crippen LogP contribution in [0.15, 0.2) is 0 Å². The van der Waals surface area contributed by atoms with Gasteiger partial charge in [0.15, 0.2) is 0 Å². The molecule has 0 aromatic carbocycles. The van der Waals surface area contributed by atoms with Gasteiger partial charge in [0.1, 0.15) is 0 Å². The zero-order valence-corrected chi connectivity index (χ0v) is 10.8. The van der Waals surface area contributed by atoms with Crippen LogP contribution in [0.25, 0.3) is 0 Å². The van der Waals surface area contributed by atoms with E-state index in [1.54, 1.807) is 0 Å². The molecule has 0 spiro atoms. The van der Waals surface area contributed by atoms with Crippen molar-refractivity contribution in [2.75, 3.05) is 33.2 Å². The molecule has 1 rings (SSSR count). The molecule has 1 N–H and O–H groups in total. The largest absolute Gasteiger partial charge is 0.320 e. The van der Waals surface area contributed by atoms with Crippen molar-refractivity contribution in [1.82, 2.24) is 10.2 Å². The molecule has 0 aliphatic carbocycles. The van der Waals surface area contributed by atoms with Gasteiger partial charge in [-0.1, -0.05) is 13.8 Å². The highest BCUT2D eigenvalue weighted by Crippen LogP contribution is 2.36. The van der Waals surface area contributed by atoms with Crippen molar-refractivity contribution in [1.29, 1.82) is 0 Å². The summed E-state index contributed by atoms with van der Waals surface area (Å²) in [7, 11) is 2.04. The Morgan fingerprint density at radius 2 is 1.93 bits per heavy atom. The lowest BCUT2D eigenvalue weighted by atomic mass is 9.82. The average Bonchev–Trinajstić information content (AvgIpc) is 2.69. The Labute approximate surface area is 95.4 Å². The highest BCUT2D eigenvalue weighted by Gasteiger charge is 2.34. The first-order valence-electron chi connectivity index (χ1n) is 6.63. The first kappa shape index (κ1) is 13.0. The van der Waals surface area contributed by atoms with E-state index in [1.807, 2.05) is 7.05 Å². The summed E-state index contributed by atoms with van der Waals surface area (Å²) in [6.07, 6.45) is 6.81. The maximum Gasteiger partial charge on any atom is 0.00382 e. The first-order chi connectivity index (χ1) is 7.26. The van der Waals surface area contributed by atoms with Gasteiger partial charge >= 0.3 is 0 Å². The van der Waals surface area contributed by atoms with Crippen LogP contribution in [0.1, 0.15) is 46.0 Å². The van der Waals surface area contributed by atoms with Crippen LogP contribution in [0.2, 0.25) is 0 Å². The molecule has 0 unspecified atom stereocenters. The smallest absolute Gasteiger partial charge is 0.00382 e. The molecule has 1 aliphatic rings. The van der Waals surface area contributed by atoms with Crippen molar-refractivity contribution in [3.63, 3.8) is 0 Å². The Kier molecular flexibility index (Phi) is 5.62. The zero-order chi connectivity index (χ0) is 11.1. The van der Waals surface area contributed by atoms with Gasteiger partial charge in [-0.3, -0.25) is 0 Å². The normalized spacial score (nSPS) is 21.0. The van der Waals surface area contributed by atoms with Crippen LogP contribution < -0.4 is 5.32 Å². The van der Waals surface area contributed by atoms with Crippen molar-refractivity contribution in [3.05, 3.63) is 0 Å². The van der Waals surface area contributed by atoms with E-state index in [1.165, 1.54) is 58.3 Å². The van der Waals surface area contributed by atoms with Crippen molar-refractivity contribution in [2.24, 2.45) is 5.41 Å². The molecule has 2 nitrogen and oxygen atoms in total. The first-order valence-corrected chi connectivity index (χ1v) is 6.63. The van der Waals surface area contributed by atoms with E-state index in [0.717, 1.165) is 0 Å². The van der Waals surface area contributed by atoms with Crippen LogP contribution in [0.4, 0.5) is 0 Å². The third kappa shape index (κ3) is 3.76. The van der Waals surface area contributed by atoms with Gasteiger partial charge < -0.3 is 10.2 Å². The third-order valence-electron chi connectivity index (χ3n) is 4.17. The Balaban J connectivity index is 2.18. The third-order valence-corrected chi connectivity index (χ3v) is 4.17. The van der Waals surface area contributed by atoms with Gasteiger partial charge in [0.2, 0.25) is 0 Å². The van der Waals surface area contributed by atoms with Crippen molar-refractivity contribution in [2.45, 2.75) is 46.0 Å². The van der Waals surface area contributed by atoms with E-state index in [2.05, 4.69) is 24.1 Å². The van der Waals surface area contributed by atoms with Gasteiger partial charge in [0, 0.05) is 6.54 Å². The van der Waals surface area contributed by atoms with Crippen LogP contribution in [-0.4, -0.2) is 38.1 Å². The minimum Gasteiger partial charge on any atom is -0.320 e. The van der Waals surface area contributed by atoms with E-state index < -0.39 is 0 Å². The fourth-order valence-corrected chi connectivity index (χ4v) is 2.68. The molecule has 0 radical (unpaired) electrons. The molecule has 90 valence electrons. The molecule has 0 bridgehead atoms. The molecular weight excluding hydrogens is 184 g/mol. The summed E-state index contributed by atoms with van der Waals surface area (Å²) >= 11 is 0. The number of unbranched alkanes of at least 4 members (excludes halogenated alkanes) is 1. The number of rotatable bonds is 7. The second kappa shape index (κ2) is 6.49. The second-order valence-electron chi connectivity index (χ2n) is 5.04. The molecule has 1 fully saturated rings. The summed E-state index contributed by atoms with van der Waals surface area (Å²) in [4.78, 5) is 2.67. The molecular formula is C13H28N2. The lowest BCUT2D eigenvalue weighted by Crippen LogP contribution is -2.27. The van der Waals surface area contributed by atoms with E-state index in [4.69, 9.17) is 0 Å². The summed E-state index contributed by atoms with van der Waals surface area (Å²) < 4.78 is 0. The monoisotopic (exact) mass is 212 g/mol. The Hall–Kier alpha value is -0.0800. The number of hydrogen-bond donors (Lipinski definition) is 1. The summed E-state index contributed by atoms with van der Waals surface area (Å²) in [5.74, 6) is 0. The molecule has 0 aromatic rings. The SMILES string of the molecule is CCC1(CC)CCN(CCCCNC)C1. The van der Waals surface area contributed by atoms with Gasteiger partial charge in [-0.15, -0.1) is 0 Å². The topological polar surface area (TPSA) is 15.3 Å². The fourth-order valence-electron chi connectivity index (χ4n) is 2.68. The predicted octanol–water partition coefficient (Wildman–Crippen LogP) is 2.50. The van der Waals surface area contributed by atoms with E-state index in [-0.39, 0.29) is 0 Å². The van der Waals surface area contributed by atoms with Crippen molar-refractivity contribution in [3.8, 4) is 0 Å². The van der Waals surface area contributed by atoms with E-state index >= 15 is 0 Å². The maximum absolute atomic E-state index is 3.21. The number of hydrogen-bond acceptors (Lipinski definition) is 2. The number of likely N-dealkylation sites (tertiary alicyclic amines) is 1. The molecule has 1 saturated heterocycles. The van der Waals surface area contributed by atoms with Crippen LogP contribution in [0.3, 0.4) is 0 Å². The Morgan fingerprint density at radius 3 is 2.47 bits per heavy atom. The van der Waals surface area contributed by atoms with Crippen molar-refractivity contribution >= 4 is 0 Å². The Bertz CT molecular complexity index is 164. The number of nitrogens with zero attached hydrogens (tertiary/aromatic N) is 1. The standard InChI is InChI=1S/C13H28N2/c1-4-13(5-2)8-11-15(12-13)10-7-6-9-14-3/h14H,4-12H2,1-3H3. The lowest BCUT2D eigenvalue weighted by Gasteiger charge is -2.26. The quantitative estimate of drug-likeness (QED) is 0.652. The second-order valence-corrected chi connectivity index (χ2v) is 5.04. The molecule has 2 heteroatoms. The average molecular weight is 212 g/mol. The van der Waals surface area contributed by atoms with Crippen LogP contribution in [0, 0.1) is 5.41 Å². The molecule has 0 saturated carbocycles. The van der Waals surface area contributed by atoms with Crippen LogP contribution in [0.5, 0.6) is 0 Å². The van der Waals surface area contributed by atoms with Gasteiger partial charge in [-0.2, -0.15) is 0 Å².